The Bertz CT molecular complexity index is 541. The summed E-state index contributed by atoms with van der Waals surface area (Å²) < 4.78 is 16.4. The molecular formula is C17H26N2O4. The average Bonchev–Trinajstić information content (AvgIpc) is 2.96. The molecule has 1 fully saturated rings. The van der Waals surface area contributed by atoms with Crippen LogP contribution in [0.25, 0.3) is 0 Å². The van der Waals surface area contributed by atoms with E-state index in [4.69, 9.17) is 14.0 Å². The number of rotatable bonds is 5. The summed E-state index contributed by atoms with van der Waals surface area (Å²) in [7, 11) is 0. The maximum absolute atomic E-state index is 12.3. The number of ether oxygens (including phenoxy) is 2. The molecule has 0 N–H and O–H groups in total. The van der Waals surface area contributed by atoms with Crippen LogP contribution in [0, 0.1) is 5.92 Å². The molecule has 0 spiro atoms. The summed E-state index contributed by atoms with van der Waals surface area (Å²) in [6.07, 6.45) is 3.83. The van der Waals surface area contributed by atoms with Crippen LogP contribution in [-0.2, 0) is 22.3 Å². The van der Waals surface area contributed by atoms with Gasteiger partial charge in [0.25, 0.3) is 0 Å². The molecule has 0 aromatic carbocycles. The topological polar surface area (TPSA) is 64.8 Å². The van der Waals surface area contributed by atoms with E-state index >= 15 is 0 Å². The van der Waals surface area contributed by atoms with Gasteiger partial charge in [0.2, 0.25) is 0 Å². The second-order valence-corrected chi connectivity index (χ2v) is 6.88. The zero-order chi connectivity index (χ0) is 16.2. The van der Waals surface area contributed by atoms with Crippen LogP contribution < -0.4 is 0 Å². The fraction of sp³-hybridized carbons (Fsp3) is 0.765. The van der Waals surface area contributed by atoms with E-state index in [0.717, 1.165) is 56.6 Å². The van der Waals surface area contributed by atoms with Crippen LogP contribution in [0.1, 0.15) is 48.5 Å². The first kappa shape index (κ1) is 16.5. The van der Waals surface area contributed by atoms with Gasteiger partial charge < -0.3 is 14.0 Å². The minimum Gasteiger partial charge on any atom is -0.458 e. The lowest BCUT2D eigenvalue weighted by Crippen LogP contribution is -2.45. The SMILES string of the molecule is CC(C)CN1CCOC(COC(=O)c2noc3c2CCCC3)C1. The van der Waals surface area contributed by atoms with Gasteiger partial charge in [0, 0.05) is 31.6 Å². The predicted octanol–water partition coefficient (Wildman–Crippen LogP) is 2.07. The van der Waals surface area contributed by atoms with E-state index in [1.54, 1.807) is 0 Å². The Morgan fingerprint density at radius 2 is 2.22 bits per heavy atom. The van der Waals surface area contributed by atoms with E-state index < -0.39 is 0 Å². The highest BCUT2D eigenvalue weighted by Crippen LogP contribution is 2.24. The van der Waals surface area contributed by atoms with Gasteiger partial charge >= 0.3 is 5.97 Å². The monoisotopic (exact) mass is 322 g/mol. The first-order valence-corrected chi connectivity index (χ1v) is 8.62. The zero-order valence-electron chi connectivity index (χ0n) is 14.0. The van der Waals surface area contributed by atoms with Crippen LogP contribution in [0.4, 0.5) is 0 Å². The summed E-state index contributed by atoms with van der Waals surface area (Å²) in [5, 5.41) is 3.92. The highest BCUT2D eigenvalue weighted by molar-refractivity contribution is 5.89. The van der Waals surface area contributed by atoms with Gasteiger partial charge in [-0.25, -0.2) is 4.79 Å². The molecule has 0 saturated carbocycles. The van der Waals surface area contributed by atoms with Crippen molar-refractivity contribution in [3.05, 3.63) is 17.0 Å². The molecule has 23 heavy (non-hydrogen) atoms. The number of esters is 1. The number of carbonyl (C=O) groups excluding carboxylic acids is 1. The normalized spacial score (nSPS) is 22.1. The first-order valence-electron chi connectivity index (χ1n) is 8.62. The van der Waals surface area contributed by atoms with Gasteiger partial charge in [-0.1, -0.05) is 19.0 Å². The molecule has 2 aliphatic rings. The van der Waals surface area contributed by atoms with Crippen molar-refractivity contribution in [3.63, 3.8) is 0 Å². The van der Waals surface area contributed by atoms with Crippen LogP contribution in [0.5, 0.6) is 0 Å². The third kappa shape index (κ3) is 4.12. The Kier molecular flexibility index (Phi) is 5.33. The van der Waals surface area contributed by atoms with Gasteiger partial charge in [-0.05, 0) is 25.2 Å². The summed E-state index contributed by atoms with van der Waals surface area (Å²) in [6, 6.07) is 0. The largest absolute Gasteiger partial charge is 0.458 e. The quantitative estimate of drug-likeness (QED) is 0.773. The molecule has 6 nitrogen and oxygen atoms in total. The van der Waals surface area contributed by atoms with Gasteiger partial charge in [-0.3, -0.25) is 4.90 Å². The minimum atomic E-state index is -0.388. The maximum Gasteiger partial charge on any atom is 0.360 e. The number of nitrogens with zero attached hydrogens (tertiary/aromatic N) is 2. The summed E-state index contributed by atoms with van der Waals surface area (Å²) in [5.74, 6) is 1.08. The molecule has 1 aliphatic heterocycles. The van der Waals surface area contributed by atoms with Crippen molar-refractivity contribution in [2.75, 3.05) is 32.8 Å². The van der Waals surface area contributed by atoms with E-state index in [9.17, 15) is 4.79 Å². The molecule has 0 bridgehead atoms. The third-order valence-corrected chi connectivity index (χ3v) is 4.39. The van der Waals surface area contributed by atoms with Gasteiger partial charge in [-0.15, -0.1) is 0 Å². The molecule has 6 heteroatoms. The summed E-state index contributed by atoms with van der Waals surface area (Å²) >= 11 is 0. The van der Waals surface area contributed by atoms with Gasteiger partial charge in [-0.2, -0.15) is 0 Å². The van der Waals surface area contributed by atoms with Crippen LogP contribution >= 0.6 is 0 Å². The lowest BCUT2D eigenvalue weighted by molar-refractivity contribution is -0.0614. The molecule has 1 aromatic heterocycles. The third-order valence-electron chi connectivity index (χ3n) is 4.39. The fourth-order valence-corrected chi connectivity index (χ4v) is 3.35. The van der Waals surface area contributed by atoms with Gasteiger partial charge in [0.05, 0.1) is 6.61 Å². The fourth-order valence-electron chi connectivity index (χ4n) is 3.35. The van der Waals surface area contributed by atoms with Crippen molar-refractivity contribution in [2.45, 2.75) is 45.6 Å². The van der Waals surface area contributed by atoms with Crippen molar-refractivity contribution in [3.8, 4) is 0 Å². The molecule has 1 aliphatic carbocycles. The molecule has 0 amide bonds. The molecule has 3 rings (SSSR count). The zero-order valence-corrected chi connectivity index (χ0v) is 14.0. The van der Waals surface area contributed by atoms with Crippen LogP contribution in [-0.4, -0.2) is 55.0 Å². The van der Waals surface area contributed by atoms with E-state index in [2.05, 4.69) is 23.9 Å². The second-order valence-electron chi connectivity index (χ2n) is 6.88. The van der Waals surface area contributed by atoms with Crippen molar-refractivity contribution < 1.29 is 18.8 Å². The number of hydrogen-bond acceptors (Lipinski definition) is 6. The minimum absolute atomic E-state index is 0.0609. The number of carbonyl (C=O) groups is 1. The Hall–Kier alpha value is -1.40. The lowest BCUT2D eigenvalue weighted by Gasteiger charge is -2.33. The Morgan fingerprint density at radius 1 is 1.39 bits per heavy atom. The average molecular weight is 322 g/mol. The van der Waals surface area contributed by atoms with E-state index in [1.165, 1.54) is 0 Å². The van der Waals surface area contributed by atoms with Crippen molar-refractivity contribution in [1.29, 1.82) is 0 Å². The summed E-state index contributed by atoms with van der Waals surface area (Å²) in [4.78, 5) is 14.6. The van der Waals surface area contributed by atoms with Crippen LogP contribution in [0.15, 0.2) is 4.52 Å². The highest BCUT2D eigenvalue weighted by atomic mass is 16.6. The van der Waals surface area contributed by atoms with Crippen molar-refractivity contribution >= 4 is 5.97 Å². The lowest BCUT2D eigenvalue weighted by atomic mass is 9.96. The van der Waals surface area contributed by atoms with Crippen molar-refractivity contribution in [1.82, 2.24) is 10.1 Å². The smallest absolute Gasteiger partial charge is 0.360 e. The molecular weight excluding hydrogens is 296 g/mol. The standard InChI is InChI=1S/C17H26N2O4/c1-12(2)9-19-7-8-21-13(10-19)11-22-17(20)16-14-5-3-4-6-15(14)23-18-16/h12-13H,3-11H2,1-2H3. The maximum atomic E-state index is 12.3. The molecule has 0 radical (unpaired) electrons. The predicted molar refractivity (Wildman–Crippen MR) is 84.4 cm³/mol. The van der Waals surface area contributed by atoms with E-state index in [0.29, 0.717) is 18.2 Å². The van der Waals surface area contributed by atoms with Gasteiger partial charge in [0.15, 0.2) is 5.69 Å². The Balaban J connectivity index is 1.52. The van der Waals surface area contributed by atoms with Gasteiger partial charge in [0.1, 0.15) is 18.5 Å². The van der Waals surface area contributed by atoms with Crippen LogP contribution in [0.3, 0.4) is 0 Å². The number of aryl methyl sites for hydroxylation is 1. The van der Waals surface area contributed by atoms with E-state index in [1.807, 2.05) is 0 Å². The number of morpholine rings is 1. The number of fused-ring (bicyclic) bond motifs is 1. The number of aromatic nitrogens is 1. The Labute approximate surface area is 137 Å². The summed E-state index contributed by atoms with van der Waals surface area (Å²) in [6.45, 7) is 8.17. The molecule has 2 heterocycles. The summed E-state index contributed by atoms with van der Waals surface area (Å²) in [5.41, 5.74) is 1.29. The number of hydrogen-bond donors (Lipinski definition) is 0. The van der Waals surface area contributed by atoms with Crippen LogP contribution in [0.2, 0.25) is 0 Å². The highest BCUT2D eigenvalue weighted by Gasteiger charge is 2.27. The van der Waals surface area contributed by atoms with Crippen molar-refractivity contribution in [2.24, 2.45) is 5.92 Å². The second kappa shape index (κ2) is 7.45. The molecule has 1 unspecified atom stereocenters. The molecule has 1 atom stereocenters. The Morgan fingerprint density at radius 3 is 3.04 bits per heavy atom. The first-order chi connectivity index (χ1) is 11.1. The molecule has 1 aromatic rings. The van der Waals surface area contributed by atoms with E-state index in [-0.39, 0.29) is 18.7 Å². The molecule has 1 saturated heterocycles. The molecule has 128 valence electrons.